The van der Waals surface area contributed by atoms with Crippen molar-refractivity contribution in [2.45, 2.75) is 27.7 Å². The molecule has 0 aliphatic rings. The Balaban J connectivity index is 0.000000152. The monoisotopic (exact) mass is 338 g/mol. The van der Waals surface area contributed by atoms with Crippen molar-refractivity contribution >= 4 is 10.8 Å². The van der Waals surface area contributed by atoms with Gasteiger partial charge in [0.25, 0.3) is 0 Å². The van der Waals surface area contributed by atoms with Gasteiger partial charge in [-0.2, -0.15) is 0 Å². The summed E-state index contributed by atoms with van der Waals surface area (Å²) >= 11 is 0. The molecule has 130 valence electrons. The molecule has 0 spiro atoms. The summed E-state index contributed by atoms with van der Waals surface area (Å²) in [6.07, 6.45) is 0. The largest absolute Gasteiger partial charge is 0.0620 e. The molecule has 0 radical (unpaired) electrons. The predicted octanol–water partition coefficient (Wildman–Crippen LogP) is 7.43. The average molecular weight is 338 g/mol. The summed E-state index contributed by atoms with van der Waals surface area (Å²) in [6.45, 7) is 8.62. The van der Waals surface area contributed by atoms with Crippen LogP contribution in [-0.2, 0) is 0 Å². The smallest absolute Gasteiger partial charge is 0.0152 e. The van der Waals surface area contributed by atoms with E-state index in [4.69, 9.17) is 0 Å². The first-order valence-corrected chi connectivity index (χ1v) is 9.14. The van der Waals surface area contributed by atoms with Gasteiger partial charge in [0.05, 0.1) is 0 Å². The van der Waals surface area contributed by atoms with Crippen molar-refractivity contribution in [2.24, 2.45) is 0 Å². The molecule has 0 amide bonds. The van der Waals surface area contributed by atoms with Crippen molar-refractivity contribution in [3.63, 3.8) is 0 Å². The van der Waals surface area contributed by atoms with Crippen LogP contribution >= 0.6 is 0 Å². The minimum Gasteiger partial charge on any atom is -0.0620 e. The second-order valence-corrected chi connectivity index (χ2v) is 6.87. The Morgan fingerprint density at radius 2 is 0.692 bits per heavy atom. The lowest BCUT2D eigenvalue weighted by Gasteiger charge is -2.08. The third-order valence-corrected chi connectivity index (χ3v) is 4.94. The number of rotatable bonds is 1. The zero-order valence-electron chi connectivity index (χ0n) is 16.1. The lowest BCUT2D eigenvalue weighted by atomic mass is 9.97. The molecule has 0 nitrogen and oxygen atoms in total. The Labute approximate surface area is 157 Å². The molecule has 0 aliphatic carbocycles. The van der Waals surface area contributed by atoms with E-state index in [2.05, 4.69) is 113 Å². The van der Waals surface area contributed by atoms with E-state index >= 15 is 0 Å². The Morgan fingerprint density at radius 3 is 1.08 bits per heavy atom. The lowest BCUT2D eigenvalue weighted by molar-refractivity contribution is 1.41. The van der Waals surface area contributed by atoms with Gasteiger partial charge in [0.2, 0.25) is 0 Å². The van der Waals surface area contributed by atoms with Crippen molar-refractivity contribution in [2.75, 3.05) is 0 Å². The van der Waals surface area contributed by atoms with Crippen LogP contribution < -0.4 is 0 Å². The van der Waals surface area contributed by atoms with E-state index < -0.39 is 0 Å². The van der Waals surface area contributed by atoms with E-state index in [1.807, 2.05) is 0 Å². The van der Waals surface area contributed by atoms with Crippen molar-refractivity contribution in [1.29, 1.82) is 0 Å². The highest BCUT2D eigenvalue weighted by Gasteiger charge is 2.02. The molecule has 0 heterocycles. The highest BCUT2D eigenvalue weighted by Crippen LogP contribution is 2.25. The molecule has 4 rings (SSSR count). The average Bonchev–Trinajstić information content (AvgIpc) is 2.67. The molecule has 4 aromatic rings. The van der Waals surface area contributed by atoms with Crippen LogP contribution in [0.1, 0.15) is 22.3 Å². The first kappa shape index (κ1) is 17.9. The summed E-state index contributed by atoms with van der Waals surface area (Å²) < 4.78 is 0. The molecule has 0 aromatic heterocycles. The van der Waals surface area contributed by atoms with E-state index in [0.717, 1.165) is 0 Å². The van der Waals surface area contributed by atoms with Gasteiger partial charge in [0.15, 0.2) is 0 Å². The minimum atomic E-state index is 1.34. The van der Waals surface area contributed by atoms with Gasteiger partial charge in [0.1, 0.15) is 0 Å². The molecular weight excluding hydrogens is 312 g/mol. The Kier molecular flexibility index (Phi) is 5.53. The molecule has 0 saturated carbocycles. The first-order valence-electron chi connectivity index (χ1n) is 9.14. The molecule has 0 fully saturated rings. The minimum absolute atomic E-state index is 1.34. The van der Waals surface area contributed by atoms with E-state index in [1.165, 1.54) is 44.2 Å². The topological polar surface area (TPSA) is 0 Å². The second-order valence-electron chi connectivity index (χ2n) is 6.87. The maximum atomic E-state index is 2.18. The van der Waals surface area contributed by atoms with Gasteiger partial charge in [-0.25, -0.2) is 0 Å². The summed E-state index contributed by atoms with van der Waals surface area (Å²) in [6, 6.07) is 29.9. The van der Waals surface area contributed by atoms with E-state index in [9.17, 15) is 0 Å². The fourth-order valence-electron chi connectivity index (χ4n) is 3.35. The molecule has 0 aliphatic heterocycles. The SMILES string of the molecule is Cc1ccc(C)c2ccccc12.Cc1ccccc1-c1ccccc1C. The summed E-state index contributed by atoms with van der Waals surface area (Å²) in [4.78, 5) is 0. The number of benzene rings is 4. The second kappa shape index (κ2) is 8.01. The van der Waals surface area contributed by atoms with Gasteiger partial charge in [-0.1, -0.05) is 84.9 Å². The molecule has 4 aromatic carbocycles. The number of hydrogen-bond acceptors (Lipinski definition) is 0. The van der Waals surface area contributed by atoms with Gasteiger partial charge >= 0.3 is 0 Å². The Bertz CT molecular complexity index is 941. The van der Waals surface area contributed by atoms with E-state index in [0.29, 0.717) is 0 Å². The van der Waals surface area contributed by atoms with Gasteiger partial charge in [-0.05, 0) is 71.8 Å². The highest BCUT2D eigenvalue weighted by atomic mass is 14.1. The zero-order chi connectivity index (χ0) is 18.5. The van der Waals surface area contributed by atoms with Gasteiger partial charge in [-0.3, -0.25) is 0 Å². The quantitative estimate of drug-likeness (QED) is 0.338. The Hall–Kier alpha value is -2.86. The van der Waals surface area contributed by atoms with Crippen LogP contribution in [0.25, 0.3) is 21.9 Å². The zero-order valence-corrected chi connectivity index (χ0v) is 16.1. The molecule has 0 atom stereocenters. The van der Waals surface area contributed by atoms with Crippen LogP contribution in [0.15, 0.2) is 84.9 Å². The van der Waals surface area contributed by atoms with Gasteiger partial charge < -0.3 is 0 Å². The molecular formula is C26H26. The fraction of sp³-hybridized carbons (Fsp3) is 0.154. The normalized spacial score (nSPS) is 10.3. The molecule has 0 bridgehead atoms. The van der Waals surface area contributed by atoms with Crippen molar-refractivity contribution in [3.8, 4) is 11.1 Å². The van der Waals surface area contributed by atoms with E-state index in [-0.39, 0.29) is 0 Å². The molecule has 0 heteroatoms. The van der Waals surface area contributed by atoms with Crippen LogP contribution in [0.2, 0.25) is 0 Å². The number of hydrogen-bond donors (Lipinski definition) is 0. The number of aryl methyl sites for hydroxylation is 4. The van der Waals surface area contributed by atoms with Crippen LogP contribution in [0.5, 0.6) is 0 Å². The summed E-state index contributed by atoms with van der Waals surface area (Å²) in [5.74, 6) is 0. The van der Waals surface area contributed by atoms with Crippen molar-refractivity contribution in [1.82, 2.24) is 0 Å². The van der Waals surface area contributed by atoms with Crippen molar-refractivity contribution < 1.29 is 0 Å². The maximum absolute atomic E-state index is 2.18. The Morgan fingerprint density at radius 1 is 0.346 bits per heavy atom. The third-order valence-electron chi connectivity index (χ3n) is 4.94. The first-order chi connectivity index (χ1) is 12.6. The molecule has 0 unspecified atom stereocenters. The van der Waals surface area contributed by atoms with Crippen LogP contribution in [-0.4, -0.2) is 0 Å². The summed E-state index contributed by atoms with van der Waals surface area (Å²) in [5, 5.41) is 2.75. The standard InChI is InChI=1S/C14H14.C12H12/c1-11-7-3-5-9-13(11)14-10-6-4-8-12(14)2;1-9-7-8-10(2)12-6-4-3-5-11(9)12/h3-10H,1-2H3;3-8H,1-2H3. The van der Waals surface area contributed by atoms with Crippen molar-refractivity contribution in [3.05, 3.63) is 107 Å². The maximum Gasteiger partial charge on any atom is -0.0152 e. The fourth-order valence-corrected chi connectivity index (χ4v) is 3.35. The third kappa shape index (κ3) is 3.86. The summed E-state index contributed by atoms with van der Waals surface area (Å²) in [5.41, 5.74) is 8.06. The van der Waals surface area contributed by atoms with Crippen LogP contribution in [0.3, 0.4) is 0 Å². The van der Waals surface area contributed by atoms with Gasteiger partial charge in [-0.15, -0.1) is 0 Å². The highest BCUT2D eigenvalue weighted by molar-refractivity contribution is 5.88. The van der Waals surface area contributed by atoms with Crippen LogP contribution in [0.4, 0.5) is 0 Å². The van der Waals surface area contributed by atoms with Gasteiger partial charge in [0, 0.05) is 0 Å². The summed E-state index contributed by atoms with van der Waals surface area (Å²) in [7, 11) is 0. The molecule has 0 N–H and O–H groups in total. The molecule has 0 saturated heterocycles. The number of fused-ring (bicyclic) bond motifs is 1. The van der Waals surface area contributed by atoms with Crippen LogP contribution in [0, 0.1) is 27.7 Å². The molecule has 26 heavy (non-hydrogen) atoms. The van der Waals surface area contributed by atoms with E-state index in [1.54, 1.807) is 0 Å². The lowest BCUT2D eigenvalue weighted by Crippen LogP contribution is -1.85. The predicted molar refractivity (Wildman–Crippen MR) is 115 cm³/mol.